The van der Waals surface area contributed by atoms with E-state index in [9.17, 15) is 4.79 Å². The van der Waals surface area contributed by atoms with E-state index in [1.807, 2.05) is 49.2 Å². The van der Waals surface area contributed by atoms with E-state index in [1.165, 1.54) is 0 Å². The minimum Gasteiger partial charge on any atom is -0.497 e. The summed E-state index contributed by atoms with van der Waals surface area (Å²) in [4.78, 5) is 12.8. The maximum absolute atomic E-state index is 10.9. The quantitative estimate of drug-likeness (QED) is 0.563. The number of anilines is 1. The third-order valence-corrected chi connectivity index (χ3v) is 2.38. The van der Waals surface area contributed by atoms with Gasteiger partial charge in [-0.25, -0.2) is 0 Å². The summed E-state index contributed by atoms with van der Waals surface area (Å²) in [7, 11) is 3.50. The first-order valence-corrected chi connectivity index (χ1v) is 5.26. The molecule has 1 rings (SSSR count). The third-order valence-electron chi connectivity index (χ3n) is 2.38. The number of allylic oxidation sites excluding steroid dienone is 2. The molecule has 0 atom stereocenters. The average molecular weight is 219 g/mol. The van der Waals surface area contributed by atoms with Crippen LogP contribution in [0.25, 0.3) is 0 Å². The molecule has 3 nitrogen and oxygen atoms in total. The van der Waals surface area contributed by atoms with Gasteiger partial charge in [-0.2, -0.15) is 0 Å². The Bertz CT molecular complexity index is 368. The van der Waals surface area contributed by atoms with Crippen LogP contribution in [0, 0.1) is 0 Å². The molecule has 0 aliphatic heterocycles. The summed E-state index contributed by atoms with van der Waals surface area (Å²) >= 11 is 0. The number of carbonyl (C=O) groups excluding carboxylic acids is 1. The summed E-state index contributed by atoms with van der Waals surface area (Å²) in [6.45, 7) is 2.01. The lowest BCUT2D eigenvalue weighted by atomic mass is 10.2. The molecule has 1 aromatic rings. The van der Waals surface area contributed by atoms with Crippen molar-refractivity contribution in [3.05, 3.63) is 36.0 Å². The molecule has 0 aliphatic rings. The molecule has 0 heterocycles. The standard InChI is InChI=1S/C13H17NO2/c1-4-5-12(10-15)14(2)11-6-8-13(16-3)9-7-11/h5-10H,4H2,1-3H3/b12-5+. The lowest BCUT2D eigenvalue weighted by Gasteiger charge is -2.19. The fourth-order valence-electron chi connectivity index (χ4n) is 1.43. The van der Waals surface area contributed by atoms with E-state index < -0.39 is 0 Å². The molecule has 16 heavy (non-hydrogen) atoms. The lowest BCUT2D eigenvalue weighted by Crippen LogP contribution is -2.17. The Balaban J connectivity index is 2.90. The van der Waals surface area contributed by atoms with Crippen molar-refractivity contribution < 1.29 is 9.53 Å². The van der Waals surface area contributed by atoms with Crippen molar-refractivity contribution in [2.45, 2.75) is 13.3 Å². The molecule has 0 bridgehead atoms. The van der Waals surface area contributed by atoms with Crippen LogP contribution in [0.2, 0.25) is 0 Å². The Morgan fingerprint density at radius 2 is 2.00 bits per heavy atom. The molecular formula is C13H17NO2. The Hall–Kier alpha value is -1.77. The molecule has 1 aromatic carbocycles. The van der Waals surface area contributed by atoms with Crippen LogP contribution in [0.1, 0.15) is 13.3 Å². The maximum Gasteiger partial charge on any atom is 0.166 e. The van der Waals surface area contributed by atoms with Gasteiger partial charge in [0, 0.05) is 12.7 Å². The zero-order valence-corrected chi connectivity index (χ0v) is 9.93. The molecule has 3 heteroatoms. The van der Waals surface area contributed by atoms with E-state index in [0.717, 1.165) is 24.1 Å². The van der Waals surface area contributed by atoms with Gasteiger partial charge < -0.3 is 9.64 Å². The number of likely N-dealkylation sites (N-methyl/N-ethyl adjacent to an activating group) is 1. The Morgan fingerprint density at radius 3 is 2.44 bits per heavy atom. The van der Waals surface area contributed by atoms with E-state index in [-0.39, 0.29) is 0 Å². The summed E-state index contributed by atoms with van der Waals surface area (Å²) in [5.74, 6) is 0.810. The van der Waals surface area contributed by atoms with Gasteiger partial charge in [0.2, 0.25) is 0 Å². The third kappa shape index (κ3) is 2.86. The van der Waals surface area contributed by atoms with Crippen LogP contribution in [0.3, 0.4) is 0 Å². The molecule has 0 amide bonds. The van der Waals surface area contributed by atoms with Gasteiger partial charge in [0.1, 0.15) is 5.75 Å². The highest BCUT2D eigenvalue weighted by molar-refractivity contribution is 5.79. The molecule has 0 fully saturated rings. The number of ether oxygens (including phenoxy) is 1. The predicted octanol–water partition coefficient (Wildman–Crippen LogP) is 2.62. The predicted molar refractivity (Wildman–Crippen MR) is 65.8 cm³/mol. The molecule has 86 valence electrons. The largest absolute Gasteiger partial charge is 0.497 e. The number of carbonyl (C=O) groups is 1. The number of benzene rings is 1. The van der Waals surface area contributed by atoms with Crippen molar-refractivity contribution in [2.75, 3.05) is 19.1 Å². The first-order valence-electron chi connectivity index (χ1n) is 5.26. The SMILES string of the molecule is CC/C=C(\C=O)N(C)c1ccc(OC)cc1. The Kier molecular flexibility index (Phi) is 4.58. The Labute approximate surface area is 96.3 Å². The molecule has 0 unspecified atom stereocenters. The summed E-state index contributed by atoms with van der Waals surface area (Å²) in [5, 5.41) is 0. The highest BCUT2D eigenvalue weighted by Crippen LogP contribution is 2.20. The molecule has 0 N–H and O–H groups in total. The van der Waals surface area contributed by atoms with Gasteiger partial charge in [-0.15, -0.1) is 0 Å². The number of rotatable bonds is 5. The van der Waals surface area contributed by atoms with Gasteiger partial charge in [-0.3, -0.25) is 4.79 Å². The van der Waals surface area contributed by atoms with Crippen molar-refractivity contribution in [1.29, 1.82) is 0 Å². The molecule has 0 saturated carbocycles. The van der Waals surface area contributed by atoms with Gasteiger partial charge in [-0.05, 0) is 30.7 Å². The minimum absolute atomic E-state index is 0.674. The molecule has 0 spiro atoms. The summed E-state index contributed by atoms with van der Waals surface area (Å²) in [6.07, 6.45) is 3.61. The van der Waals surface area contributed by atoms with Crippen LogP contribution in [0.15, 0.2) is 36.0 Å². The van der Waals surface area contributed by atoms with Gasteiger partial charge in [0.15, 0.2) is 6.29 Å². The highest BCUT2D eigenvalue weighted by Gasteiger charge is 2.05. The van der Waals surface area contributed by atoms with Crippen LogP contribution >= 0.6 is 0 Å². The zero-order valence-electron chi connectivity index (χ0n) is 9.93. The van der Waals surface area contributed by atoms with E-state index >= 15 is 0 Å². The van der Waals surface area contributed by atoms with Crippen molar-refractivity contribution in [2.24, 2.45) is 0 Å². The fraction of sp³-hybridized carbons (Fsp3) is 0.308. The summed E-state index contributed by atoms with van der Waals surface area (Å²) < 4.78 is 5.08. The van der Waals surface area contributed by atoms with Crippen molar-refractivity contribution in [1.82, 2.24) is 0 Å². The number of hydrogen-bond acceptors (Lipinski definition) is 3. The normalized spacial score (nSPS) is 11.1. The van der Waals surface area contributed by atoms with Crippen molar-refractivity contribution >= 4 is 12.0 Å². The van der Waals surface area contributed by atoms with E-state index in [0.29, 0.717) is 5.70 Å². The number of hydrogen-bond donors (Lipinski definition) is 0. The second kappa shape index (κ2) is 5.95. The van der Waals surface area contributed by atoms with Gasteiger partial charge in [-0.1, -0.05) is 13.0 Å². The van der Waals surface area contributed by atoms with Crippen LogP contribution in [0.4, 0.5) is 5.69 Å². The second-order valence-corrected chi connectivity index (χ2v) is 3.41. The average Bonchev–Trinajstić information content (AvgIpc) is 2.35. The van der Waals surface area contributed by atoms with Gasteiger partial charge in [0.05, 0.1) is 12.8 Å². The maximum atomic E-state index is 10.9. The zero-order chi connectivity index (χ0) is 12.0. The van der Waals surface area contributed by atoms with Crippen LogP contribution < -0.4 is 9.64 Å². The minimum atomic E-state index is 0.674. The number of nitrogens with zero attached hydrogens (tertiary/aromatic N) is 1. The Morgan fingerprint density at radius 1 is 1.38 bits per heavy atom. The van der Waals surface area contributed by atoms with Crippen LogP contribution in [-0.4, -0.2) is 20.4 Å². The second-order valence-electron chi connectivity index (χ2n) is 3.41. The smallest absolute Gasteiger partial charge is 0.166 e. The van der Waals surface area contributed by atoms with E-state index in [1.54, 1.807) is 7.11 Å². The number of aldehydes is 1. The molecule has 0 radical (unpaired) electrons. The van der Waals surface area contributed by atoms with Crippen molar-refractivity contribution in [3.63, 3.8) is 0 Å². The fourth-order valence-corrected chi connectivity index (χ4v) is 1.43. The molecule has 0 aromatic heterocycles. The summed E-state index contributed by atoms with van der Waals surface area (Å²) in [6, 6.07) is 7.60. The molecular weight excluding hydrogens is 202 g/mol. The van der Waals surface area contributed by atoms with Gasteiger partial charge >= 0.3 is 0 Å². The van der Waals surface area contributed by atoms with Crippen LogP contribution in [0.5, 0.6) is 5.75 Å². The lowest BCUT2D eigenvalue weighted by molar-refractivity contribution is -0.105. The van der Waals surface area contributed by atoms with Crippen LogP contribution in [-0.2, 0) is 4.79 Å². The topological polar surface area (TPSA) is 29.5 Å². The first-order chi connectivity index (χ1) is 7.72. The summed E-state index contributed by atoms with van der Waals surface area (Å²) in [5.41, 5.74) is 1.64. The first kappa shape index (κ1) is 12.3. The van der Waals surface area contributed by atoms with E-state index in [2.05, 4.69) is 0 Å². The van der Waals surface area contributed by atoms with Gasteiger partial charge in [0.25, 0.3) is 0 Å². The monoisotopic (exact) mass is 219 g/mol. The molecule has 0 saturated heterocycles. The molecule has 0 aliphatic carbocycles. The number of methoxy groups -OCH3 is 1. The highest BCUT2D eigenvalue weighted by atomic mass is 16.5. The van der Waals surface area contributed by atoms with Crippen molar-refractivity contribution in [3.8, 4) is 5.75 Å². The van der Waals surface area contributed by atoms with E-state index in [4.69, 9.17) is 4.74 Å².